The highest BCUT2D eigenvalue weighted by Crippen LogP contribution is 2.42. The number of aromatic amines is 1. The molecule has 2 amide bonds. The predicted octanol–water partition coefficient (Wildman–Crippen LogP) is 2.16. The minimum atomic E-state index is -0.313. The molecule has 4 atom stereocenters. The SMILES string of the molecule is O=C([C@H]1[C@H]2C[C@H](CN(Cc3nc4ccccc4[nH]3)C2)[C@@H]2CCCC(=O)N21)N1CC=CC1. The molecule has 4 aliphatic rings. The van der Waals surface area contributed by atoms with Crippen LogP contribution >= 0.6 is 0 Å². The molecule has 6 rings (SSSR count). The number of imidazole rings is 1. The average molecular weight is 420 g/mol. The number of nitrogens with one attached hydrogen (secondary N) is 1. The number of piperidine rings is 3. The van der Waals surface area contributed by atoms with E-state index in [-0.39, 0.29) is 29.8 Å². The number of para-hydroxylation sites is 2. The third-order valence-electron chi connectivity index (χ3n) is 7.61. The maximum atomic E-state index is 13.5. The summed E-state index contributed by atoms with van der Waals surface area (Å²) in [6, 6.07) is 8.00. The number of aromatic nitrogens is 2. The van der Waals surface area contributed by atoms with Gasteiger partial charge in [-0.25, -0.2) is 4.98 Å². The van der Waals surface area contributed by atoms with Crippen LogP contribution < -0.4 is 0 Å². The first-order valence-electron chi connectivity index (χ1n) is 11.6. The number of amides is 2. The molecule has 2 aromatic rings. The van der Waals surface area contributed by atoms with Crippen LogP contribution in [0.3, 0.4) is 0 Å². The fourth-order valence-electron chi connectivity index (χ4n) is 6.34. The summed E-state index contributed by atoms with van der Waals surface area (Å²) in [6.45, 7) is 3.90. The summed E-state index contributed by atoms with van der Waals surface area (Å²) >= 11 is 0. The quantitative estimate of drug-likeness (QED) is 0.774. The number of hydrogen-bond donors (Lipinski definition) is 1. The number of fused-ring (bicyclic) bond motifs is 5. The summed E-state index contributed by atoms with van der Waals surface area (Å²) in [5, 5.41) is 0. The van der Waals surface area contributed by atoms with E-state index in [4.69, 9.17) is 4.98 Å². The molecule has 0 aliphatic carbocycles. The van der Waals surface area contributed by atoms with Crippen molar-refractivity contribution in [3.63, 3.8) is 0 Å². The molecule has 5 heterocycles. The molecule has 2 bridgehead atoms. The molecule has 7 heteroatoms. The van der Waals surface area contributed by atoms with Gasteiger partial charge in [-0.3, -0.25) is 14.5 Å². The zero-order valence-electron chi connectivity index (χ0n) is 17.7. The van der Waals surface area contributed by atoms with Crippen LogP contribution in [-0.4, -0.2) is 74.7 Å². The molecule has 1 aromatic heterocycles. The zero-order chi connectivity index (χ0) is 20.9. The number of nitrogens with zero attached hydrogens (tertiary/aromatic N) is 4. The lowest BCUT2D eigenvalue weighted by atomic mass is 9.71. The van der Waals surface area contributed by atoms with E-state index in [1.54, 1.807) is 0 Å². The molecule has 1 N–H and O–H groups in total. The van der Waals surface area contributed by atoms with Crippen molar-refractivity contribution in [2.45, 2.75) is 44.3 Å². The number of likely N-dealkylation sites (tertiary alicyclic amines) is 1. The summed E-state index contributed by atoms with van der Waals surface area (Å²) in [5.74, 6) is 1.92. The second-order valence-corrected chi connectivity index (χ2v) is 9.57. The van der Waals surface area contributed by atoms with Crippen molar-refractivity contribution in [1.82, 2.24) is 24.7 Å². The summed E-state index contributed by atoms with van der Waals surface area (Å²) in [6.07, 6.45) is 7.69. The molecule has 0 unspecified atom stereocenters. The van der Waals surface area contributed by atoms with Crippen LogP contribution in [0.1, 0.15) is 31.5 Å². The third kappa shape index (κ3) is 3.26. The van der Waals surface area contributed by atoms with Gasteiger partial charge in [-0.05, 0) is 37.3 Å². The Balaban J connectivity index is 1.27. The first kappa shape index (κ1) is 19.0. The Morgan fingerprint density at radius 2 is 1.94 bits per heavy atom. The third-order valence-corrected chi connectivity index (χ3v) is 7.61. The van der Waals surface area contributed by atoms with Gasteiger partial charge < -0.3 is 14.8 Å². The highest BCUT2D eigenvalue weighted by Gasteiger charge is 2.52. The van der Waals surface area contributed by atoms with Gasteiger partial charge in [0.2, 0.25) is 11.8 Å². The second kappa shape index (κ2) is 7.48. The molecule has 7 nitrogen and oxygen atoms in total. The van der Waals surface area contributed by atoms with Crippen LogP contribution in [0.4, 0.5) is 0 Å². The summed E-state index contributed by atoms with van der Waals surface area (Å²) in [5.41, 5.74) is 2.06. The minimum absolute atomic E-state index is 0.138. The van der Waals surface area contributed by atoms with Crippen molar-refractivity contribution >= 4 is 22.8 Å². The molecule has 162 valence electrons. The van der Waals surface area contributed by atoms with E-state index < -0.39 is 0 Å². The van der Waals surface area contributed by atoms with Gasteiger partial charge in [-0.1, -0.05) is 24.3 Å². The fraction of sp³-hybridized carbons (Fsp3) is 0.542. The Hall–Kier alpha value is -2.67. The van der Waals surface area contributed by atoms with E-state index in [0.717, 1.165) is 55.8 Å². The van der Waals surface area contributed by atoms with E-state index in [0.29, 0.717) is 25.4 Å². The van der Waals surface area contributed by atoms with Crippen molar-refractivity contribution in [3.8, 4) is 0 Å². The smallest absolute Gasteiger partial charge is 0.246 e. The van der Waals surface area contributed by atoms with Crippen molar-refractivity contribution in [2.24, 2.45) is 11.8 Å². The monoisotopic (exact) mass is 419 g/mol. The number of hydrogen-bond acceptors (Lipinski definition) is 4. The van der Waals surface area contributed by atoms with Gasteiger partial charge in [-0.15, -0.1) is 0 Å². The van der Waals surface area contributed by atoms with Gasteiger partial charge in [0.25, 0.3) is 0 Å². The molecule has 0 radical (unpaired) electrons. The lowest BCUT2D eigenvalue weighted by molar-refractivity contribution is -0.164. The molecular weight excluding hydrogens is 390 g/mol. The fourth-order valence-corrected chi connectivity index (χ4v) is 6.34. The molecule has 3 fully saturated rings. The largest absolute Gasteiger partial charge is 0.341 e. The zero-order valence-corrected chi connectivity index (χ0v) is 17.7. The van der Waals surface area contributed by atoms with Crippen LogP contribution in [0.5, 0.6) is 0 Å². The topological polar surface area (TPSA) is 72.5 Å². The predicted molar refractivity (Wildman–Crippen MR) is 117 cm³/mol. The normalized spacial score (nSPS) is 30.8. The maximum absolute atomic E-state index is 13.5. The molecule has 0 saturated carbocycles. The number of carbonyl (C=O) groups is 2. The van der Waals surface area contributed by atoms with E-state index in [9.17, 15) is 9.59 Å². The van der Waals surface area contributed by atoms with E-state index in [1.807, 2.05) is 40.2 Å². The van der Waals surface area contributed by atoms with E-state index in [1.165, 1.54) is 0 Å². The average Bonchev–Trinajstić information content (AvgIpc) is 3.44. The van der Waals surface area contributed by atoms with Gasteiger partial charge >= 0.3 is 0 Å². The van der Waals surface area contributed by atoms with E-state index >= 15 is 0 Å². The number of carbonyl (C=O) groups excluding carboxylic acids is 2. The number of H-pyrrole nitrogens is 1. The van der Waals surface area contributed by atoms with Crippen molar-refractivity contribution in [2.75, 3.05) is 26.2 Å². The highest BCUT2D eigenvalue weighted by molar-refractivity contribution is 5.89. The van der Waals surface area contributed by atoms with E-state index in [2.05, 4.69) is 16.0 Å². The van der Waals surface area contributed by atoms with Crippen LogP contribution in [0.25, 0.3) is 11.0 Å². The number of rotatable bonds is 3. The summed E-state index contributed by atoms with van der Waals surface area (Å²) in [7, 11) is 0. The van der Waals surface area contributed by atoms with Crippen molar-refractivity contribution < 1.29 is 9.59 Å². The van der Waals surface area contributed by atoms with Gasteiger partial charge in [0.1, 0.15) is 11.9 Å². The minimum Gasteiger partial charge on any atom is -0.341 e. The van der Waals surface area contributed by atoms with Crippen LogP contribution in [0.15, 0.2) is 36.4 Å². The Labute approximate surface area is 182 Å². The molecule has 3 saturated heterocycles. The lowest BCUT2D eigenvalue weighted by Crippen LogP contribution is -2.68. The molecule has 1 aromatic carbocycles. The lowest BCUT2D eigenvalue weighted by Gasteiger charge is -2.56. The van der Waals surface area contributed by atoms with Crippen molar-refractivity contribution in [3.05, 3.63) is 42.2 Å². The summed E-state index contributed by atoms with van der Waals surface area (Å²) < 4.78 is 0. The molecular formula is C24H29N5O2. The molecule has 4 aliphatic heterocycles. The standard InChI is InChI=1S/C24H29N5O2/c30-22-9-5-8-20-16-12-17(23(29(20)22)24(31)28-10-3-4-11-28)14-27(13-16)15-21-25-18-6-1-2-7-19(18)26-21/h1-4,6-7,16-17,20,23H,5,8-15H2,(H,25,26)/t16-,17+,20+,23-/m1/s1. The Bertz CT molecular complexity index is 1000. The van der Waals surface area contributed by atoms with Crippen LogP contribution in [-0.2, 0) is 16.1 Å². The van der Waals surface area contributed by atoms with Gasteiger partial charge in [0.15, 0.2) is 0 Å². The van der Waals surface area contributed by atoms with Gasteiger partial charge in [-0.2, -0.15) is 0 Å². The highest BCUT2D eigenvalue weighted by atomic mass is 16.2. The van der Waals surface area contributed by atoms with Crippen LogP contribution in [0, 0.1) is 11.8 Å². The first-order chi connectivity index (χ1) is 15.2. The Morgan fingerprint density at radius 3 is 2.77 bits per heavy atom. The Kier molecular flexibility index (Phi) is 4.60. The summed E-state index contributed by atoms with van der Waals surface area (Å²) in [4.78, 5) is 41.1. The van der Waals surface area contributed by atoms with Gasteiger partial charge in [0, 0.05) is 44.6 Å². The van der Waals surface area contributed by atoms with Crippen LogP contribution in [0.2, 0.25) is 0 Å². The Morgan fingerprint density at radius 1 is 1.13 bits per heavy atom. The first-order valence-corrected chi connectivity index (χ1v) is 11.6. The maximum Gasteiger partial charge on any atom is 0.246 e. The molecule has 0 spiro atoms. The molecule has 31 heavy (non-hydrogen) atoms. The van der Waals surface area contributed by atoms with Crippen molar-refractivity contribution in [1.29, 1.82) is 0 Å². The number of benzene rings is 1. The van der Waals surface area contributed by atoms with Gasteiger partial charge in [0.05, 0.1) is 17.6 Å². The second-order valence-electron chi connectivity index (χ2n) is 9.57.